The number of carbonyl (C=O) groups is 1. The summed E-state index contributed by atoms with van der Waals surface area (Å²) in [6.45, 7) is 2.71. The quantitative estimate of drug-likeness (QED) is 0.892. The van der Waals surface area contributed by atoms with Gasteiger partial charge < -0.3 is 11.1 Å². The van der Waals surface area contributed by atoms with E-state index in [1.807, 2.05) is 19.1 Å². The molecule has 1 saturated carbocycles. The van der Waals surface area contributed by atoms with Crippen LogP contribution < -0.4 is 11.1 Å². The Labute approximate surface area is 119 Å². The van der Waals surface area contributed by atoms with Crippen LogP contribution in [0.1, 0.15) is 31.2 Å². The Morgan fingerprint density at radius 3 is 2.68 bits per heavy atom. The first kappa shape index (κ1) is 14.4. The monoisotopic (exact) mass is 280 g/mol. The van der Waals surface area contributed by atoms with Crippen LogP contribution in [0.15, 0.2) is 18.2 Å². The zero-order valence-electron chi connectivity index (χ0n) is 11.3. The first-order valence-electron chi connectivity index (χ1n) is 6.87. The van der Waals surface area contributed by atoms with E-state index < -0.39 is 0 Å². The summed E-state index contributed by atoms with van der Waals surface area (Å²) in [4.78, 5) is 12.2. The number of amides is 1. The summed E-state index contributed by atoms with van der Waals surface area (Å²) in [5, 5.41) is 3.65. The topological polar surface area (TPSA) is 55.1 Å². The Hall–Kier alpha value is -1.06. The molecule has 1 aromatic rings. The van der Waals surface area contributed by atoms with E-state index in [9.17, 15) is 4.79 Å². The van der Waals surface area contributed by atoms with Gasteiger partial charge in [-0.2, -0.15) is 0 Å². The lowest BCUT2D eigenvalue weighted by molar-refractivity contribution is -0.121. The number of aryl methyl sites for hydroxylation is 1. The molecule has 19 heavy (non-hydrogen) atoms. The third-order valence-corrected chi connectivity index (χ3v) is 4.24. The first-order chi connectivity index (χ1) is 9.10. The van der Waals surface area contributed by atoms with Gasteiger partial charge in [0.15, 0.2) is 0 Å². The number of hydrogen-bond acceptors (Lipinski definition) is 2. The van der Waals surface area contributed by atoms with Gasteiger partial charge in [0.2, 0.25) is 5.91 Å². The van der Waals surface area contributed by atoms with Gasteiger partial charge in [-0.1, -0.05) is 17.7 Å². The average Bonchev–Trinajstić information content (AvgIpc) is 2.43. The van der Waals surface area contributed by atoms with E-state index in [1.54, 1.807) is 6.07 Å². The molecule has 0 aromatic heterocycles. The van der Waals surface area contributed by atoms with Crippen molar-refractivity contribution in [3.63, 3.8) is 0 Å². The van der Waals surface area contributed by atoms with Crippen LogP contribution >= 0.6 is 11.6 Å². The maximum atomic E-state index is 12.2. The van der Waals surface area contributed by atoms with Gasteiger partial charge in [-0.05, 0) is 62.8 Å². The second-order valence-corrected chi connectivity index (χ2v) is 5.84. The Balaban J connectivity index is 1.96. The fourth-order valence-corrected chi connectivity index (χ4v) is 2.80. The normalized spacial score (nSPS) is 23.1. The molecular formula is C15H21ClN2O. The van der Waals surface area contributed by atoms with Gasteiger partial charge in [-0.25, -0.2) is 0 Å². The molecule has 3 nitrogen and oxygen atoms in total. The Kier molecular flexibility index (Phi) is 4.83. The molecule has 1 aromatic carbocycles. The Bertz CT molecular complexity index is 453. The summed E-state index contributed by atoms with van der Waals surface area (Å²) in [5.74, 6) is 0.818. The van der Waals surface area contributed by atoms with Gasteiger partial charge in [-0.3, -0.25) is 4.79 Å². The number of benzene rings is 1. The van der Waals surface area contributed by atoms with Crippen LogP contribution in [0.4, 0.5) is 5.69 Å². The van der Waals surface area contributed by atoms with Crippen LogP contribution in [-0.2, 0) is 4.79 Å². The van der Waals surface area contributed by atoms with Crippen LogP contribution in [0.5, 0.6) is 0 Å². The molecule has 4 heteroatoms. The zero-order valence-corrected chi connectivity index (χ0v) is 12.0. The number of carbonyl (C=O) groups excluding carboxylic acids is 1. The Morgan fingerprint density at radius 2 is 2.05 bits per heavy atom. The molecular weight excluding hydrogens is 260 g/mol. The highest BCUT2D eigenvalue weighted by molar-refractivity contribution is 6.31. The van der Waals surface area contributed by atoms with Crippen molar-refractivity contribution in [2.75, 3.05) is 11.9 Å². The molecule has 1 amide bonds. The molecule has 1 aliphatic rings. The van der Waals surface area contributed by atoms with Gasteiger partial charge in [0.1, 0.15) is 0 Å². The summed E-state index contributed by atoms with van der Waals surface area (Å²) >= 11 is 5.96. The van der Waals surface area contributed by atoms with Crippen molar-refractivity contribution in [1.29, 1.82) is 0 Å². The molecule has 0 aliphatic heterocycles. The van der Waals surface area contributed by atoms with Crippen molar-refractivity contribution >= 4 is 23.2 Å². The molecule has 0 bridgehead atoms. The van der Waals surface area contributed by atoms with Crippen LogP contribution in [0.2, 0.25) is 5.02 Å². The van der Waals surface area contributed by atoms with E-state index in [1.165, 1.54) is 0 Å². The maximum Gasteiger partial charge on any atom is 0.227 e. The third-order valence-electron chi connectivity index (χ3n) is 4.01. The summed E-state index contributed by atoms with van der Waals surface area (Å²) in [5.41, 5.74) is 7.52. The lowest BCUT2D eigenvalue weighted by Crippen LogP contribution is -2.29. The number of hydrogen-bond donors (Lipinski definition) is 2. The van der Waals surface area contributed by atoms with Gasteiger partial charge in [-0.15, -0.1) is 0 Å². The van der Waals surface area contributed by atoms with Crippen LogP contribution in [0.25, 0.3) is 0 Å². The van der Waals surface area contributed by atoms with Gasteiger partial charge in [0, 0.05) is 16.6 Å². The fraction of sp³-hybridized carbons (Fsp3) is 0.533. The highest BCUT2D eigenvalue weighted by atomic mass is 35.5. The minimum Gasteiger partial charge on any atom is -0.330 e. The van der Waals surface area contributed by atoms with Crippen LogP contribution in [-0.4, -0.2) is 12.5 Å². The molecule has 0 radical (unpaired) electrons. The smallest absolute Gasteiger partial charge is 0.227 e. The molecule has 2 rings (SSSR count). The van der Waals surface area contributed by atoms with Crippen molar-refractivity contribution < 1.29 is 4.79 Å². The van der Waals surface area contributed by atoms with Gasteiger partial charge in [0.05, 0.1) is 0 Å². The Morgan fingerprint density at radius 1 is 1.37 bits per heavy atom. The maximum absolute atomic E-state index is 12.2. The number of anilines is 1. The van der Waals surface area contributed by atoms with Gasteiger partial charge in [0.25, 0.3) is 0 Å². The molecule has 0 spiro atoms. The summed E-state index contributed by atoms with van der Waals surface area (Å²) < 4.78 is 0. The van der Waals surface area contributed by atoms with E-state index in [0.717, 1.165) is 43.5 Å². The average molecular weight is 281 g/mol. The lowest BCUT2D eigenvalue weighted by Gasteiger charge is -2.27. The lowest BCUT2D eigenvalue weighted by atomic mass is 9.81. The van der Waals surface area contributed by atoms with Crippen molar-refractivity contribution in [1.82, 2.24) is 0 Å². The van der Waals surface area contributed by atoms with E-state index >= 15 is 0 Å². The number of nitrogens with one attached hydrogen (secondary N) is 1. The number of halogens is 1. The highest BCUT2D eigenvalue weighted by Gasteiger charge is 2.25. The summed E-state index contributed by atoms with van der Waals surface area (Å²) in [7, 11) is 0. The van der Waals surface area contributed by atoms with Crippen LogP contribution in [0.3, 0.4) is 0 Å². The third kappa shape index (κ3) is 3.71. The van der Waals surface area contributed by atoms with Crippen molar-refractivity contribution in [3.8, 4) is 0 Å². The van der Waals surface area contributed by atoms with E-state index in [-0.39, 0.29) is 11.8 Å². The fourth-order valence-electron chi connectivity index (χ4n) is 2.62. The predicted octanol–water partition coefficient (Wildman–Crippen LogP) is 3.35. The largest absolute Gasteiger partial charge is 0.330 e. The van der Waals surface area contributed by atoms with E-state index in [2.05, 4.69) is 5.32 Å². The molecule has 0 atom stereocenters. The van der Waals surface area contributed by atoms with Gasteiger partial charge >= 0.3 is 0 Å². The minimum atomic E-state index is 0.112. The number of nitrogens with two attached hydrogens (primary N) is 1. The molecule has 0 saturated heterocycles. The summed E-state index contributed by atoms with van der Waals surface area (Å²) in [6, 6.07) is 5.56. The second kappa shape index (κ2) is 6.40. The van der Waals surface area contributed by atoms with Crippen molar-refractivity contribution in [2.45, 2.75) is 32.6 Å². The summed E-state index contributed by atoms with van der Waals surface area (Å²) in [6.07, 6.45) is 3.99. The molecule has 1 aliphatic carbocycles. The zero-order chi connectivity index (χ0) is 13.8. The molecule has 3 N–H and O–H groups in total. The molecule has 104 valence electrons. The van der Waals surface area contributed by atoms with Crippen molar-refractivity contribution in [2.24, 2.45) is 17.6 Å². The standard InChI is InChI=1S/C15H21ClN2O/c1-10-2-7-13(16)8-14(10)18-15(19)12-5-3-11(9-17)4-6-12/h2,7-8,11-12H,3-6,9,17H2,1H3,(H,18,19). The molecule has 0 unspecified atom stereocenters. The number of rotatable bonds is 3. The predicted molar refractivity (Wildman–Crippen MR) is 79.3 cm³/mol. The van der Waals surface area contributed by atoms with Crippen LogP contribution in [0, 0.1) is 18.8 Å². The highest BCUT2D eigenvalue weighted by Crippen LogP contribution is 2.29. The van der Waals surface area contributed by atoms with Crippen molar-refractivity contribution in [3.05, 3.63) is 28.8 Å². The second-order valence-electron chi connectivity index (χ2n) is 5.40. The van der Waals surface area contributed by atoms with E-state index in [0.29, 0.717) is 10.9 Å². The molecule has 0 heterocycles. The minimum absolute atomic E-state index is 0.112. The molecule has 1 fully saturated rings. The first-order valence-corrected chi connectivity index (χ1v) is 7.25. The SMILES string of the molecule is Cc1ccc(Cl)cc1NC(=O)C1CCC(CN)CC1. The van der Waals surface area contributed by atoms with E-state index in [4.69, 9.17) is 17.3 Å².